The van der Waals surface area contributed by atoms with Crippen molar-refractivity contribution in [3.63, 3.8) is 0 Å². The number of ether oxygens (including phenoxy) is 1. The third-order valence-electron chi connectivity index (χ3n) is 3.81. The molecule has 4 heteroatoms. The summed E-state index contributed by atoms with van der Waals surface area (Å²) in [6, 6.07) is 15.4. The van der Waals surface area contributed by atoms with Gasteiger partial charge in [0.2, 0.25) is 0 Å². The lowest BCUT2D eigenvalue weighted by Crippen LogP contribution is -2.14. The lowest BCUT2D eigenvalue weighted by atomic mass is 9.86. The minimum Gasteiger partial charge on any atom is -0.489 e. The molecule has 0 saturated carbocycles. The predicted octanol–water partition coefficient (Wildman–Crippen LogP) is 4.57. The van der Waals surface area contributed by atoms with Crippen LogP contribution in [-0.4, -0.2) is 10.9 Å². The normalized spacial score (nSPS) is 11.9. The summed E-state index contributed by atoms with van der Waals surface area (Å²) in [5.41, 5.74) is 3.57. The quantitative estimate of drug-likeness (QED) is 0.509. The van der Waals surface area contributed by atoms with Crippen molar-refractivity contribution < 1.29 is 9.94 Å². The van der Waals surface area contributed by atoms with Gasteiger partial charge in [-0.15, -0.1) is 0 Å². The van der Waals surface area contributed by atoms with E-state index in [2.05, 4.69) is 38.1 Å². The number of benzene rings is 2. The highest BCUT2D eigenvalue weighted by Gasteiger charge is 2.19. The number of oxime groups is 1. The van der Waals surface area contributed by atoms with Gasteiger partial charge in [0, 0.05) is 5.56 Å². The van der Waals surface area contributed by atoms with E-state index in [1.165, 1.54) is 0 Å². The summed E-state index contributed by atoms with van der Waals surface area (Å²) < 4.78 is 6.06. The molecule has 0 saturated heterocycles. The van der Waals surface area contributed by atoms with E-state index in [4.69, 9.17) is 15.2 Å². The fourth-order valence-electron chi connectivity index (χ4n) is 2.54. The molecule has 24 heavy (non-hydrogen) atoms. The van der Waals surface area contributed by atoms with Crippen LogP contribution in [-0.2, 0) is 12.0 Å². The van der Waals surface area contributed by atoms with Gasteiger partial charge in [-0.3, -0.25) is 0 Å². The second-order valence-electron chi connectivity index (χ2n) is 6.76. The van der Waals surface area contributed by atoms with Crippen LogP contribution in [0.5, 0.6) is 5.75 Å². The van der Waals surface area contributed by atoms with Gasteiger partial charge in [-0.05, 0) is 35.1 Å². The van der Waals surface area contributed by atoms with E-state index in [1.807, 2.05) is 31.2 Å². The maximum absolute atomic E-state index is 9.09. The summed E-state index contributed by atoms with van der Waals surface area (Å²) in [5.74, 6) is 0.830. The Labute approximate surface area is 143 Å². The summed E-state index contributed by atoms with van der Waals surface area (Å²) >= 11 is 0. The third-order valence-corrected chi connectivity index (χ3v) is 3.81. The average molecular weight is 322 g/mol. The Morgan fingerprint density at radius 1 is 1.21 bits per heavy atom. The first-order valence-electron chi connectivity index (χ1n) is 7.81. The van der Waals surface area contributed by atoms with Crippen molar-refractivity contribution in [3.8, 4) is 11.8 Å². The van der Waals surface area contributed by atoms with Crippen LogP contribution in [0.2, 0.25) is 0 Å². The van der Waals surface area contributed by atoms with Gasteiger partial charge in [0.05, 0.1) is 0 Å². The Hall–Kier alpha value is -2.80. The summed E-state index contributed by atoms with van der Waals surface area (Å²) in [5, 5.41) is 21.2. The molecule has 0 radical (unpaired) electrons. The third kappa shape index (κ3) is 3.94. The van der Waals surface area contributed by atoms with Gasteiger partial charge >= 0.3 is 0 Å². The molecular weight excluding hydrogens is 300 g/mol. The molecule has 4 nitrogen and oxygen atoms in total. The second-order valence-corrected chi connectivity index (χ2v) is 6.76. The first-order chi connectivity index (χ1) is 11.4. The largest absolute Gasteiger partial charge is 0.489 e. The van der Waals surface area contributed by atoms with E-state index < -0.39 is 0 Å². The summed E-state index contributed by atoms with van der Waals surface area (Å²) in [7, 11) is 0. The van der Waals surface area contributed by atoms with Crippen LogP contribution in [0.3, 0.4) is 0 Å². The van der Waals surface area contributed by atoms with E-state index in [0.29, 0.717) is 12.2 Å². The molecule has 0 aliphatic carbocycles. The van der Waals surface area contributed by atoms with E-state index in [-0.39, 0.29) is 11.1 Å². The van der Waals surface area contributed by atoms with Gasteiger partial charge < -0.3 is 9.94 Å². The SMILES string of the molecule is Cc1ccc(C(C)(C)C)c(OCc2ccccc2/C(C#N)=N\O)c1. The second kappa shape index (κ2) is 7.18. The standard InChI is InChI=1S/C20H22N2O2/c1-14-9-10-17(20(2,3)4)19(11-14)24-13-15-7-5-6-8-16(15)18(12-21)22-23/h5-11,23H,13H2,1-4H3/b22-18-. The predicted molar refractivity (Wildman–Crippen MR) is 94.6 cm³/mol. The highest BCUT2D eigenvalue weighted by molar-refractivity contribution is 6.12. The Kier molecular flexibility index (Phi) is 5.25. The highest BCUT2D eigenvalue weighted by Crippen LogP contribution is 2.32. The first kappa shape index (κ1) is 17.6. The molecule has 0 bridgehead atoms. The molecule has 0 aromatic heterocycles. The topological polar surface area (TPSA) is 65.6 Å². The molecule has 2 aromatic carbocycles. The van der Waals surface area contributed by atoms with E-state index in [0.717, 1.165) is 22.4 Å². The minimum atomic E-state index is -0.0348. The van der Waals surface area contributed by atoms with Crippen LogP contribution < -0.4 is 4.74 Å². The van der Waals surface area contributed by atoms with Gasteiger partial charge in [0.15, 0.2) is 5.71 Å². The molecule has 0 unspecified atom stereocenters. The fraction of sp³-hybridized carbons (Fsp3) is 0.300. The summed E-state index contributed by atoms with van der Waals surface area (Å²) in [4.78, 5) is 0. The van der Waals surface area contributed by atoms with Crippen LogP contribution in [0.15, 0.2) is 47.6 Å². The Bertz CT molecular complexity index is 796. The molecule has 0 amide bonds. The molecule has 2 rings (SSSR count). The summed E-state index contributed by atoms with van der Waals surface area (Å²) in [6.45, 7) is 8.75. The molecule has 0 fully saturated rings. The van der Waals surface area contributed by atoms with Crippen molar-refractivity contribution in [3.05, 3.63) is 64.7 Å². The van der Waals surface area contributed by atoms with Crippen molar-refractivity contribution >= 4 is 5.71 Å². The van der Waals surface area contributed by atoms with Crippen molar-refractivity contribution in [2.45, 2.75) is 39.7 Å². The van der Waals surface area contributed by atoms with Gasteiger partial charge in [-0.25, -0.2) is 0 Å². The molecule has 0 aliphatic heterocycles. The average Bonchev–Trinajstić information content (AvgIpc) is 2.54. The zero-order valence-corrected chi connectivity index (χ0v) is 14.5. The number of hydrogen-bond acceptors (Lipinski definition) is 4. The maximum atomic E-state index is 9.09. The van der Waals surface area contributed by atoms with Crippen molar-refractivity contribution in [2.24, 2.45) is 5.16 Å². The smallest absolute Gasteiger partial charge is 0.187 e. The zero-order valence-electron chi connectivity index (χ0n) is 14.5. The Balaban J connectivity index is 2.34. The molecule has 0 atom stereocenters. The van der Waals surface area contributed by atoms with Crippen LogP contribution in [0, 0.1) is 18.3 Å². The molecule has 0 aliphatic rings. The van der Waals surface area contributed by atoms with Crippen LogP contribution >= 0.6 is 0 Å². The number of rotatable bonds is 4. The number of nitrogens with zero attached hydrogens (tertiary/aromatic N) is 2. The van der Waals surface area contributed by atoms with Crippen LogP contribution in [0.4, 0.5) is 0 Å². The van der Waals surface area contributed by atoms with Gasteiger partial charge in [0.1, 0.15) is 18.4 Å². The maximum Gasteiger partial charge on any atom is 0.187 e. The van der Waals surface area contributed by atoms with Crippen LogP contribution in [0.1, 0.15) is 43.0 Å². The minimum absolute atomic E-state index is 0.0190. The lowest BCUT2D eigenvalue weighted by molar-refractivity contribution is 0.297. The Morgan fingerprint density at radius 3 is 2.54 bits per heavy atom. The number of nitriles is 1. The summed E-state index contributed by atoms with van der Waals surface area (Å²) in [6.07, 6.45) is 0. The number of hydrogen-bond donors (Lipinski definition) is 1. The molecule has 0 heterocycles. The van der Waals surface area contributed by atoms with Gasteiger partial charge in [-0.1, -0.05) is 62.3 Å². The first-order valence-corrected chi connectivity index (χ1v) is 7.81. The van der Waals surface area contributed by atoms with Crippen molar-refractivity contribution in [1.29, 1.82) is 5.26 Å². The van der Waals surface area contributed by atoms with E-state index in [1.54, 1.807) is 12.1 Å². The van der Waals surface area contributed by atoms with Crippen molar-refractivity contribution in [1.82, 2.24) is 0 Å². The molecular formula is C20H22N2O2. The van der Waals surface area contributed by atoms with Crippen LogP contribution in [0.25, 0.3) is 0 Å². The Morgan fingerprint density at radius 2 is 1.92 bits per heavy atom. The van der Waals surface area contributed by atoms with Crippen molar-refractivity contribution in [2.75, 3.05) is 0 Å². The number of aryl methyl sites for hydroxylation is 1. The van der Waals surface area contributed by atoms with Gasteiger partial charge in [0.25, 0.3) is 0 Å². The molecule has 124 valence electrons. The fourth-order valence-corrected chi connectivity index (χ4v) is 2.54. The highest BCUT2D eigenvalue weighted by atomic mass is 16.5. The van der Waals surface area contributed by atoms with E-state index >= 15 is 0 Å². The van der Waals surface area contributed by atoms with E-state index in [9.17, 15) is 0 Å². The lowest BCUT2D eigenvalue weighted by Gasteiger charge is -2.23. The molecule has 2 aromatic rings. The molecule has 0 spiro atoms. The zero-order chi connectivity index (χ0) is 17.7. The monoisotopic (exact) mass is 322 g/mol. The molecule has 1 N–H and O–H groups in total. The van der Waals surface area contributed by atoms with Gasteiger partial charge in [-0.2, -0.15) is 5.26 Å².